The van der Waals surface area contributed by atoms with Crippen molar-refractivity contribution in [2.75, 3.05) is 13.7 Å². The highest BCUT2D eigenvalue weighted by Crippen LogP contribution is 2.43. The van der Waals surface area contributed by atoms with Crippen LogP contribution in [0.1, 0.15) is 55.4 Å². The molecule has 4 amide bonds. The van der Waals surface area contributed by atoms with Gasteiger partial charge in [-0.1, -0.05) is 12.5 Å². The average molecular weight is 566 g/mol. The number of carbonyl (C=O) groups excluding carboxylic acids is 5. The van der Waals surface area contributed by atoms with Crippen LogP contribution in [0.25, 0.3) is 10.9 Å². The van der Waals surface area contributed by atoms with Crippen molar-refractivity contribution in [3.8, 4) is 5.75 Å². The van der Waals surface area contributed by atoms with E-state index in [4.69, 9.17) is 4.74 Å². The monoisotopic (exact) mass is 565 g/mol. The average Bonchev–Trinajstić information content (AvgIpc) is 3.26. The lowest BCUT2D eigenvalue weighted by Gasteiger charge is -2.29. The zero-order valence-corrected chi connectivity index (χ0v) is 22.9. The minimum absolute atomic E-state index is 0.0588. The summed E-state index contributed by atoms with van der Waals surface area (Å²) in [5.74, 6) is -2.96. The molecular formula is C29H35N5O7. The number of nitrogens with one attached hydrogen (secondary N) is 4. The van der Waals surface area contributed by atoms with Crippen molar-refractivity contribution in [2.45, 2.75) is 69.3 Å². The summed E-state index contributed by atoms with van der Waals surface area (Å²) in [4.78, 5) is 70.8. The summed E-state index contributed by atoms with van der Waals surface area (Å²) in [6, 6.07) is 5.04. The lowest BCUT2D eigenvalue weighted by atomic mass is 9.91. The number of nitrogens with zero attached hydrogens (tertiary/aromatic N) is 1. The number of aliphatic hydroxyl groups excluding tert-OH is 1. The molecule has 1 aromatic carbocycles. The van der Waals surface area contributed by atoms with E-state index in [9.17, 15) is 29.1 Å². The number of aromatic nitrogens is 1. The number of amides is 4. The molecule has 3 heterocycles. The molecule has 0 spiro atoms. The first-order chi connectivity index (χ1) is 19.7. The van der Waals surface area contributed by atoms with Crippen LogP contribution in [0.4, 0.5) is 0 Å². The molecule has 1 aromatic heterocycles. The summed E-state index contributed by atoms with van der Waals surface area (Å²) in [5.41, 5.74) is 1.06. The standard InChI is InChI=1S/C29H35N5O7/c1-41-22-7-3-6-19-18(22)12-21(31-19)29(40)34-13-14-4-2-5-17(14)24(34)27(38)32-20(10-15-11-23(35)33-26(15)37)25(36)28(39)30-16-8-9-16/h3,6-7,12,14-17,20,23-24,31,35H,2,4-5,8-11,13H2,1H3,(H,30,39)(H,32,38)(H,33,37). The molecule has 218 valence electrons. The van der Waals surface area contributed by atoms with E-state index in [1.807, 2.05) is 12.1 Å². The lowest BCUT2D eigenvalue weighted by molar-refractivity contribution is -0.141. The second-order valence-corrected chi connectivity index (χ2v) is 11.7. The fourth-order valence-corrected chi connectivity index (χ4v) is 6.76. The van der Waals surface area contributed by atoms with Crippen molar-refractivity contribution in [3.63, 3.8) is 0 Å². The predicted molar refractivity (Wildman–Crippen MR) is 145 cm³/mol. The number of carbonyl (C=O) groups is 5. The number of benzene rings is 1. The molecular weight excluding hydrogens is 530 g/mol. The van der Waals surface area contributed by atoms with Crippen molar-refractivity contribution < 1.29 is 33.8 Å². The van der Waals surface area contributed by atoms with Crippen LogP contribution >= 0.6 is 0 Å². The molecule has 2 aliphatic carbocycles. The summed E-state index contributed by atoms with van der Waals surface area (Å²) in [5, 5.41) is 18.4. The molecule has 41 heavy (non-hydrogen) atoms. The maximum atomic E-state index is 13.9. The highest BCUT2D eigenvalue weighted by Gasteiger charge is 2.50. The number of methoxy groups -OCH3 is 1. The number of hydrogen-bond acceptors (Lipinski definition) is 7. The fourth-order valence-electron chi connectivity index (χ4n) is 6.76. The number of Topliss-reactive ketones (excluding diaryl/α,β-unsaturated/α-hetero) is 1. The third-order valence-corrected chi connectivity index (χ3v) is 8.97. The van der Waals surface area contributed by atoms with Gasteiger partial charge in [0.2, 0.25) is 17.6 Å². The summed E-state index contributed by atoms with van der Waals surface area (Å²) < 4.78 is 5.43. The van der Waals surface area contributed by atoms with E-state index in [1.165, 1.54) is 0 Å². The number of aromatic amines is 1. The van der Waals surface area contributed by atoms with Gasteiger partial charge in [-0.15, -0.1) is 0 Å². The zero-order chi connectivity index (χ0) is 28.8. The highest BCUT2D eigenvalue weighted by atomic mass is 16.5. The minimum Gasteiger partial charge on any atom is -0.496 e. The Hall–Kier alpha value is -3.93. The van der Waals surface area contributed by atoms with Gasteiger partial charge in [0, 0.05) is 35.8 Å². The fraction of sp³-hybridized carbons (Fsp3) is 0.552. The number of rotatable bonds is 9. The molecule has 2 saturated carbocycles. The van der Waals surface area contributed by atoms with Crippen LogP contribution in [0.2, 0.25) is 0 Å². The first kappa shape index (κ1) is 27.3. The maximum Gasteiger partial charge on any atom is 0.289 e. The molecule has 2 aliphatic heterocycles. The number of hydrogen-bond donors (Lipinski definition) is 5. The summed E-state index contributed by atoms with van der Waals surface area (Å²) in [6.07, 6.45) is 3.08. The van der Waals surface area contributed by atoms with Crippen LogP contribution in [-0.2, 0) is 19.2 Å². The van der Waals surface area contributed by atoms with Crippen LogP contribution in [-0.4, -0.2) is 82.4 Å². The van der Waals surface area contributed by atoms with Gasteiger partial charge in [0.05, 0.1) is 13.2 Å². The topological polar surface area (TPSA) is 170 Å². The molecule has 2 aromatic rings. The zero-order valence-electron chi connectivity index (χ0n) is 22.9. The molecule has 4 aliphatic rings. The first-order valence-electron chi connectivity index (χ1n) is 14.3. The Labute approximate surface area is 236 Å². The lowest BCUT2D eigenvalue weighted by Crippen LogP contribution is -2.55. The number of likely N-dealkylation sites (tertiary alicyclic amines) is 1. The van der Waals surface area contributed by atoms with E-state index >= 15 is 0 Å². The molecule has 0 radical (unpaired) electrons. The molecule has 6 unspecified atom stereocenters. The van der Waals surface area contributed by atoms with Crippen LogP contribution in [0.3, 0.4) is 0 Å². The second kappa shape index (κ2) is 10.8. The van der Waals surface area contributed by atoms with Gasteiger partial charge in [-0.25, -0.2) is 0 Å². The van der Waals surface area contributed by atoms with Gasteiger partial charge in [-0.3, -0.25) is 24.0 Å². The Balaban J connectivity index is 1.25. The van der Waals surface area contributed by atoms with Crippen molar-refractivity contribution in [2.24, 2.45) is 17.8 Å². The molecule has 5 N–H and O–H groups in total. The van der Waals surface area contributed by atoms with Crippen molar-refractivity contribution >= 4 is 40.3 Å². The Kier molecular flexibility index (Phi) is 7.18. The summed E-state index contributed by atoms with van der Waals surface area (Å²) in [7, 11) is 1.56. The number of ketones is 1. The largest absolute Gasteiger partial charge is 0.496 e. The smallest absolute Gasteiger partial charge is 0.289 e. The quantitative estimate of drug-likeness (QED) is 0.277. The van der Waals surface area contributed by atoms with Gasteiger partial charge in [0.15, 0.2) is 0 Å². The molecule has 2 saturated heterocycles. The Morgan fingerprint density at radius 1 is 1.17 bits per heavy atom. The molecule has 6 rings (SSSR count). The van der Waals surface area contributed by atoms with Crippen molar-refractivity contribution in [1.82, 2.24) is 25.8 Å². The number of fused-ring (bicyclic) bond motifs is 2. The van der Waals surface area contributed by atoms with E-state index in [0.29, 0.717) is 18.0 Å². The van der Waals surface area contributed by atoms with Gasteiger partial charge in [-0.2, -0.15) is 0 Å². The van der Waals surface area contributed by atoms with E-state index in [0.717, 1.165) is 43.0 Å². The third kappa shape index (κ3) is 5.28. The van der Waals surface area contributed by atoms with Crippen molar-refractivity contribution in [1.29, 1.82) is 0 Å². The molecule has 6 atom stereocenters. The van der Waals surface area contributed by atoms with E-state index in [2.05, 4.69) is 20.9 Å². The van der Waals surface area contributed by atoms with Crippen LogP contribution in [0.5, 0.6) is 5.75 Å². The summed E-state index contributed by atoms with van der Waals surface area (Å²) in [6.45, 7) is 0.409. The van der Waals surface area contributed by atoms with Crippen molar-refractivity contribution in [3.05, 3.63) is 30.0 Å². The second-order valence-electron chi connectivity index (χ2n) is 11.7. The van der Waals surface area contributed by atoms with Gasteiger partial charge < -0.3 is 35.7 Å². The van der Waals surface area contributed by atoms with Crippen LogP contribution in [0, 0.1) is 17.8 Å². The molecule has 12 heteroatoms. The Morgan fingerprint density at radius 3 is 2.68 bits per heavy atom. The van der Waals surface area contributed by atoms with Crippen LogP contribution in [0.15, 0.2) is 24.3 Å². The Bertz CT molecular complexity index is 1400. The normalized spacial score (nSPS) is 27.8. The van der Waals surface area contributed by atoms with Gasteiger partial charge in [-0.05, 0) is 62.1 Å². The number of ether oxygens (including phenoxy) is 1. The molecule has 12 nitrogen and oxygen atoms in total. The summed E-state index contributed by atoms with van der Waals surface area (Å²) >= 11 is 0. The Morgan fingerprint density at radius 2 is 1.98 bits per heavy atom. The predicted octanol–water partition coefficient (Wildman–Crippen LogP) is 0.594. The minimum atomic E-state index is -1.27. The maximum absolute atomic E-state index is 13.9. The first-order valence-corrected chi connectivity index (χ1v) is 14.3. The van der Waals surface area contributed by atoms with Gasteiger partial charge in [0.1, 0.15) is 23.7 Å². The SMILES string of the molecule is COc1cccc2[nH]c(C(=O)N3CC4CCCC4C3C(=O)NC(CC3CC(O)NC3=O)C(=O)C(=O)NC3CC3)cc12. The number of aliphatic hydroxyl groups is 1. The van der Waals surface area contributed by atoms with E-state index in [1.54, 1.807) is 24.1 Å². The molecule has 4 fully saturated rings. The number of H-pyrrole nitrogens is 1. The highest BCUT2D eigenvalue weighted by molar-refractivity contribution is 6.38. The van der Waals surface area contributed by atoms with Crippen LogP contribution < -0.4 is 20.7 Å². The van der Waals surface area contributed by atoms with Gasteiger partial charge >= 0.3 is 0 Å². The molecule has 0 bridgehead atoms. The van der Waals surface area contributed by atoms with Gasteiger partial charge in [0.25, 0.3) is 11.8 Å². The van der Waals surface area contributed by atoms with E-state index in [-0.39, 0.29) is 36.6 Å². The third-order valence-electron chi connectivity index (χ3n) is 8.97. The van der Waals surface area contributed by atoms with E-state index < -0.39 is 47.7 Å².